The molecule has 1 N–H and O–H groups in total. The summed E-state index contributed by atoms with van der Waals surface area (Å²) in [6.07, 6.45) is 0. The van der Waals surface area contributed by atoms with Gasteiger partial charge in [-0.1, -0.05) is 36.4 Å². The van der Waals surface area contributed by atoms with E-state index in [4.69, 9.17) is 4.74 Å². The van der Waals surface area contributed by atoms with Gasteiger partial charge in [-0.2, -0.15) is 0 Å². The highest BCUT2D eigenvalue weighted by Gasteiger charge is 2.18. The molecule has 0 radical (unpaired) electrons. The van der Waals surface area contributed by atoms with E-state index < -0.39 is 11.9 Å². The minimum Gasteiger partial charge on any atom is -0.478 e. The fourth-order valence-electron chi connectivity index (χ4n) is 3.24. The van der Waals surface area contributed by atoms with Crippen LogP contribution in [0.4, 0.5) is 0 Å². The second kappa shape index (κ2) is 7.00. The Morgan fingerprint density at radius 1 is 0.929 bits per heavy atom. The largest absolute Gasteiger partial charge is 0.478 e. The number of hydrogen-bond donors (Lipinski definition) is 1. The number of benzene rings is 3. The number of esters is 1. The summed E-state index contributed by atoms with van der Waals surface area (Å²) in [4.78, 5) is 36.2. The first-order valence-electron chi connectivity index (χ1n) is 8.59. The van der Waals surface area contributed by atoms with Crippen LogP contribution in [-0.4, -0.2) is 21.6 Å². The first-order valence-corrected chi connectivity index (χ1v) is 8.59. The van der Waals surface area contributed by atoms with Crippen LogP contribution in [0.1, 0.15) is 10.4 Å². The van der Waals surface area contributed by atoms with Gasteiger partial charge in [0, 0.05) is 11.1 Å². The number of ether oxygens (including phenoxy) is 1. The van der Waals surface area contributed by atoms with Crippen molar-refractivity contribution in [1.82, 2.24) is 4.57 Å². The Hall–Kier alpha value is -3.93. The fourth-order valence-corrected chi connectivity index (χ4v) is 3.24. The number of fused-ring (bicyclic) bond motifs is 2. The molecule has 0 unspecified atom stereocenters. The highest BCUT2D eigenvalue weighted by Crippen LogP contribution is 2.26. The lowest BCUT2D eigenvalue weighted by atomic mass is 10.0. The number of carbonyl (C=O) groups is 2. The molecule has 0 fully saturated rings. The SMILES string of the molecule is O=C(Cn1c2cccc(=O)c-2cc2ccccc21)Oc1ccccc1C(=O)O. The van der Waals surface area contributed by atoms with E-state index in [0.29, 0.717) is 11.3 Å². The van der Waals surface area contributed by atoms with Gasteiger partial charge < -0.3 is 14.4 Å². The Morgan fingerprint density at radius 2 is 1.68 bits per heavy atom. The van der Waals surface area contributed by atoms with E-state index in [1.54, 1.807) is 34.9 Å². The van der Waals surface area contributed by atoms with E-state index >= 15 is 0 Å². The zero-order valence-corrected chi connectivity index (χ0v) is 14.7. The van der Waals surface area contributed by atoms with Gasteiger partial charge in [0.05, 0.1) is 5.69 Å². The van der Waals surface area contributed by atoms with Crippen molar-refractivity contribution >= 4 is 22.8 Å². The van der Waals surface area contributed by atoms with Crippen molar-refractivity contribution < 1.29 is 19.4 Å². The Kier molecular flexibility index (Phi) is 4.37. The Labute approximate surface area is 159 Å². The monoisotopic (exact) mass is 373 g/mol. The van der Waals surface area contributed by atoms with Gasteiger partial charge in [0.1, 0.15) is 17.9 Å². The lowest BCUT2D eigenvalue weighted by Crippen LogP contribution is -2.21. The third-order valence-corrected chi connectivity index (χ3v) is 4.49. The molecule has 0 saturated carbocycles. The topological polar surface area (TPSA) is 85.6 Å². The van der Waals surface area contributed by atoms with Crippen LogP contribution in [0.15, 0.2) is 77.6 Å². The molecular weight excluding hydrogens is 358 g/mol. The van der Waals surface area contributed by atoms with E-state index in [1.165, 1.54) is 18.2 Å². The number of para-hydroxylation sites is 2. The second-order valence-electron chi connectivity index (χ2n) is 6.25. The number of rotatable bonds is 4. The third kappa shape index (κ3) is 3.12. The molecule has 1 aliphatic heterocycles. The Bertz CT molecular complexity index is 1240. The summed E-state index contributed by atoms with van der Waals surface area (Å²) >= 11 is 0. The molecule has 138 valence electrons. The maximum absolute atomic E-state index is 12.6. The zero-order chi connectivity index (χ0) is 19.7. The summed E-state index contributed by atoms with van der Waals surface area (Å²) in [6.45, 7) is -0.171. The van der Waals surface area contributed by atoms with Crippen molar-refractivity contribution in [2.24, 2.45) is 0 Å². The number of aromatic carboxylic acids is 1. The van der Waals surface area contributed by atoms with Crippen molar-refractivity contribution in [2.45, 2.75) is 6.54 Å². The minimum atomic E-state index is -1.18. The first-order chi connectivity index (χ1) is 13.5. The van der Waals surface area contributed by atoms with Crippen LogP contribution in [-0.2, 0) is 11.3 Å². The smallest absolute Gasteiger partial charge is 0.339 e. The number of carbonyl (C=O) groups excluding carboxylic acids is 1. The molecule has 2 aromatic carbocycles. The molecule has 1 heterocycles. The molecule has 0 saturated heterocycles. The van der Waals surface area contributed by atoms with Crippen LogP contribution in [0.5, 0.6) is 5.75 Å². The molecule has 28 heavy (non-hydrogen) atoms. The normalized spacial score (nSPS) is 10.9. The highest BCUT2D eigenvalue weighted by atomic mass is 16.5. The highest BCUT2D eigenvalue weighted by molar-refractivity contribution is 5.92. The molecule has 0 aromatic heterocycles. The van der Waals surface area contributed by atoms with Gasteiger partial charge in [0.2, 0.25) is 0 Å². The Balaban J connectivity index is 1.77. The van der Waals surface area contributed by atoms with Gasteiger partial charge in [0.15, 0.2) is 5.43 Å². The second-order valence-corrected chi connectivity index (χ2v) is 6.25. The van der Waals surface area contributed by atoms with Crippen LogP contribution in [0, 0.1) is 0 Å². The number of hydrogen-bond acceptors (Lipinski definition) is 4. The lowest BCUT2D eigenvalue weighted by Gasteiger charge is -2.18. The standard InChI is InChI=1S/C22H15NO5/c24-19-10-5-9-18-16(19)12-14-6-1-3-8-17(14)23(18)13-21(25)28-20-11-4-2-7-15(20)22(26)27/h1-12H,13H2,(H,26,27). The Morgan fingerprint density at radius 3 is 2.50 bits per heavy atom. The van der Waals surface area contributed by atoms with E-state index in [1.807, 2.05) is 24.3 Å². The van der Waals surface area contributed by atoms with Crippen molar-refractivity contribution in [1.29, 1.82) is 0 Å². The molecule has 2 aliphatic rings. The van der Waals surface area contributed by atoms with E-state index in [2.05, 4.69) is 0 Å². The van der Waals surface area contributed by atoms with Gasteiger partial charge in [-0.05, 0) is 41.8 Å². The number of carboxylic acids is 1. The van der Waals surface area contributed by atoms with E-state index in [-0.39, 0.29) is 23.3 Å². The summed E-state index contributed by atoms with van der Waals surface area (Å²) in [7, 11) is 0. The first kappa shape index (κ1) is 17.5. The molecule has 1 aliphatic carbocycles. The number of nitrogens with zero attached hydrogens (tertiary/aromatic N) is 1. The molecular formula is C22H15NO5. The van der Waals surface area contributed by atoms with Crippen LogP contribution < -0.4 is 10.2 Å². The number of pyridine rings is 1. The van der Waals surface area contributed by atoms with Crippen molar-refractivity contribution in [3.8, 4) is 17.0 Å². The molecule has 0 spiro atoms. The van der Waals surface area contributed by atoms with E-state index in [0.717, 1.165) is 10.9 Å². The van der Waals surface area contributed by atoms with Crippen LogP contribution in [0.25, 0.3) is 22.2 Å². The molecule has 4 rings (SSSR count). The van der Waals surface area contributed by atoms with Crippen molar-refractivity contribution in [2.75, 3.05) is 0 Å². The molecule has 2 aromatic rings. The fraction of sp³-hybridized carbons (Fsp3) is 0.0455. The molecule has 0 bridgehead atoms. The quantitative estimate of drug-likeness (QED) is 0.337. The molecule has 6 heteroatoms. The summed E-state index contributed by atoms with van der Waals surface area (Å²) in [5, 5.41) is 10.1. The van der Waals surface area contributed by atoms with Gasteiger partial charge >= 0.3 is 11.9 Å². The summed E-state index contributed by atoms with van der Waals surface area (Å²) in [6, 6.07) is 20.1. The maximum atomic E-state index is 12.6. The molecule has 6 nitrogen and oxygen atoms in total. The number of aromatic nitrogens is 1. The third-order valence-electron chi connectivity index (χ3n) is 4.49. The average Bonchev–Trinajstić information content (AvgIpc) is 2.69. The van der Waals surface area contributed by atoms with Gasteiger partial charge in [-0.15, -0.1) is 0 Å². The molecule has 0 atom stereocenters. The van der Waals surface area contributed by atoms with E-state index in [9.17, 15) is 19.5 Å². The van der Waals surface area contributed by atoms with Gasteiger partial charge in [0.25, 0.3) is 0 Å². The zero-order valence-electron chi connectivity index (χ0n) is 14.7. The lowest BCUT2D eigenvalue weighted by molar-refractivity contribution is -0.134. The van der Waals surface area contributed by atoms with Crippen LogP contribution in [0.2, 0.25) is 0 Å². The predicted octanol–water partition coefficient (Wildman–Crippen LogP) is 3.41. The van der Waals surface area contributed by atoms with Gasteiger partial charge in [-0.3, -0.25) is 4.79 Å². The van der Waals surface area contributed by atoms with Crippen LogP contribution in [0.3, 0.4) is 0 Å². The molecule has 0 amide bonds. The summed E-state index contributed by atoms with van der Waals surface area (Å²) in [5.41, 5.74) is 1.64. The number of carboxylic acid groups (broad SMARTS) is 1. The van der Waals surface area contributed by atoms with Gasteiger partial charge in [-0.25, -0.2) is 9.59 Å². The van der Waals surface area contributed by atoms with Crippen LogP contribution >= 0.6 is 0 Å². The predicted molar refractivity (Wildman–Crippen MR) is 104 cm³/mol. The average molecular weight is 373 g/mol. The summed E-state index contributed by atoms with van der Waals surface area (Å²) < 4.78 is 7.03. The minimum absolute atomic E-state index is 0.0188. The van der Waals surface area contributed by atoms with Crippen molar-refractivity contribution in [3.63, 3.8) is 0 Å². The maximum Gasteiger partial charge on any atom is 0.339 e. The van der Waals surface area contributed by atoms with Crippen molar-refractivity contribution in [3.05, 3.63) is 88.6 Å². The summed E-state index contributed by atoms with van der Waals surface area (Å²) in [5.74, 6) is -1.83.